The number of aryl methyl sites for hydroxylation is 1. The van der Waals surface area contributed by atoms with Crippen LogP contribution < -0.4 is 14.8 Å². The first kappa shape index (κ1) is 19.8. The van der Waals surface area contributed by atoms with Crippen LogP contribution in [0.1, 0.15) is 20.8 Å². The number of benzene rings is 2. The lowest BCUT2D eigenvalue weighted by molar-refractivity contribution is -0.0495. The maximum Gasteiger partial charge on any atom is 0.387 e. The summed E-state index contributed by atoms with van der Waals surface area (Å²) in [6, 6.07) is 12.2. The van der Waals surface area contributed by atoms with Crippen LogP contribution in [0.25, 0.3) is 0 Å². The zero-order valence-corrected chi connectivity index (χ0v) is 15.6. The number of alkyl halides is 2. The number of carbonyl (C=O) groups is 1. The molecule has 0 unspecified atom stereocenters. The first-order valence-corrected chi connectivity index (χ1v) is 9.12. The molecule has 3 rings (SSSR count). The number of hydrogen-bond donors (Lipinski definition) is 1. The number of rotatable bonds is 7. The normalized spacial score (nSPS) is 10.8. The van der Waals surface area contributed by atoms with Crippen molar-refractivity contribution in [3.63, 3.8) is 0 Å². The maximum absolute atomic E-state index is 13.3. The van der Waals surface area contributed by atoms with E-state index in [0.29, 0.717) is 4.88 Å². The minimum Gasteiger partial charge on any atom is -0.489 e. The maximum atomic E-state index is 13.3. The molecule has 0 aliphatic heterocycles. The molecule has 28 heavy (non-hydrogen) atoms. The van der Waals surface area contributed by atoms with Gasteiger partial charge in [0.2, 0.25) is 0 Å². The molecule has 1 aromatic heterocycles. The average Bonchev–Trinajstić information content (AvgIpc) is 3.12. The van der Waals surface area contributed by atoms with E-state index in [9.17, 15) is 18.0 Å². The van der Waals surface area contributed by atoms with Crippen LogP contribution >= 0.6 is 11.3 Å². The Hall–Kier alpha value is -3.00. The van der Waals surface area contributed by atoms with Crippen LogP contribution in [0.2, 0.25) is 0 Å². The predicted octanol–water partition coefficient (Wildman–Crippen LogP) is 5.63. The van der Waals surface area contributed by atoms with Gasteiger partial charge in [-0.3, -0.25) is 4.79 Å². The summed E-state index contributed by atoms with van der Waals surface area (Å²) in [5, 5.41) is 4.23. The fourth-order valence-corrected chi connectivity index (χ4v) is 3.22. The van der Waals surface area contributed by atoms with Gasteiger partial charge in [-0.1, -0.05) is 18.2 Å². The molecule has 4 nitrogen and oxygen atoms in total. The molecular weight excluding hydrogens is 391 g/mol. The van der Waals surface area contributed by atoms with E-state index >= 15 is 0 Å². The Morgan fingerprint density at radius 2 is 1.93 bits per heavy atom. The zero-order chi connectivity index (χ0) is 20.1. The van der Waals surface area contributed by atoms with Gasteiger partial charge >= 0.3 is 6.61 Å². The quantitative estimate of drug-likeness (QED) is 0.552. The van der Waals surface area contributed by atoms with Gasteiger partial charge in [0.05, 0.1) is 10.6 Å². The van der Waals surface area contributed by atoms with E-state index in [0.717, 1.165) is 29.0 Å². The van der Waals surface area contributed by atoms with Crippen molar-refractivity contribution in [1.29, 1.82) is 0 Å². The Balaban J connectivity index is 1.67. The molecular formula is C20H16F3NO3S. The number of thiophene rings is 1. The molecule has 1 amide bonds. The Bertz CT molecular complexity index is 975. The van der Waals surface area contributed by atoms with Crippen molar-refractivity contribution >= 4 is 22.9 Å². The molecule has 2 aromatic carbocycles. The molecule has 0 aliphatic carbocycles. The van der Waals surface area contributed by atoms with Crippen LogP contribution in [0.5, 0.6) is 11.5 Å². The third-order valence-electron chi connectivity index (χ3n) is 3.77. The summed E-state index contributed by atoms with van der Waals surface area (Å²) in [5.41, 5.74) is 1.75. The molecule has 8 heteroatoms. The molecule has 146 valence electrons. The molecule has 0 saturated carbocycles. The highest BCUT2D eigenvalue weighted by Crippen LogP contribution is 2.28. The molecule has 0 aliphatic rings. The Kier molecular flexibility index (Phi) is 6.20. The summed E-state index contributed by atoms with van der Waals surface area (Å²) in [4.78, 5) is 12.8. The van der Waals surface area contributed by atoms with Crippen molar-refractivity contribution in [2.45, 2.75) is 20.1 Å². The topological polar surface area (TPSA) is 47.6 Å². The molecule has 0 bridgehead atoms. The van der Waals surface area contributed by atoms with Crippen molar-refractivity contribution in [2.75, 3.05) is 5.32 Å². The van der Waals surface area contributed by atoms with Crippen molar-refractivity contribution in [3.8, 4) is 11.5 Å². The van der Waals surface area contributed by atoms with Crippen LogP contribution in [0.15, 0.2) is 53.9 Å². The highest BCUT2D eigenvalue weighted by atomic mass is 32.1. The fourth-order valence-electron chi connectivity index (χ4n) is 2.43. The minimum atomic E-state index is -3.13. The second-order valence-corrected chi connectivity index (χ2v) is 6.76. The number of ether oxygens (including phenoxy) is 2. The fraction of sp³-hybridized carbons (Fsp3) is 0.150. The van der Waals surface area contributed by atoms with Crippen molar-refractivity contribution < 1.29 is 27.4 Å². The smallest absolute Gasteiger partial charge is 0.387 e. The predicted molar refractivity (Wildman–Crippen MR) is 101 cm³/mol. The van der Waals surface area contributed by atoms with Crippen LogP contribution in [0.4, 0.5) is 18.9 Å². The van der Waals surface area contributed by atoms with Gasteiger partial charge in [-0.2, -0.15) is 8.78 Å². The van der Waals surface area contributed by atoms with Gasteiger partial charge in [0.25, 0.3) is 5.91 Å². The molecule has 1 N–H and O–H groups in total. The van der Waals surface area contributed by atoms with Crippen molar-refractivity contribution in [2.24, 2.45) is 0 Å². The van der Waals surface area contributed by atoms with Gasteiger partial charge < -0.3 is 14.8 Å². The molecule has 0 atom stereocenters. The molecule has 0 fully saturated rings. The standard InChI is InChI=1S/C20H16F3NO3S/c1-12-4-2-3-5-16(12)26-10-13-8-18(28-11-13)19(25)24-15-7-6-14(21)9-17(15)27-20(22)23/h2-9,11,20H,10H2,1H3,(H,24,25). The third kappa shape index (κ3) is 5.04. The van der Waals surface area contributed by atoms with Gasteiger partial charge in [-0.15, -0.1) is 11.3 Å². The number of amides is 1. The first-order chi connectivity index (χ1) is 13.4. The summed E-state index contributed by atoms with van der Waals surface area (Å²) < 4.78 is 48.2. The van der Waals surface area contributed by atoms with Crippen LogP contribution in [0, 0.1) is 12.7 Å². The van der Waals surface area contributed by atoms with E-state index < -0.39 is 24.1 Å². The Morgan fingerprint density at radius 3 is 2.68 bits per heavy atom. The van der Waals surface area contributed by atoms with Crippen LogP contribution in [0.3, 0.4) is 0 Å². The monoisotopic (exact) mass is 407 g/mol. The summed E-state index contributed by atoms with van der Waals surface area (Å²) in [6.45, 7) is -0.918. The third-order valence-corrected chi connectivity index (χ3v) is 4.75. The highest BCUT2D eigenvalue weighted by molar-refractivity contribution is 7.12. The van der Waals surface area contributed by atoms with E-state index in [-0.39, 0.29) is 12.3 Å². The number of carbonyl (C=O) groups excluding carboxylic acids is 1. The lowest BCUT2D eigenvalue weighted by Crippen LogP contribution is -2.13. The number of para-hydroxylation sites is 1. The van der Waals surface area contributed by atoms with E-state index in [1.165, 1.54) is 17.4 Å². The van der Waals surface area contributed by atoms with Crippen LogP contribution in [-0.4, -0.2) is 12.5 Å². The number of nitrogens with one attached hydrogen (secondary N) is 1. The lowest BCUT2D eigenvalue weighted by atomic mass is 10.2. The van der Waals surface area contributed by atoms with Gasteiger partial charge in [0, 0.05) is 11.6 Å². The van der Waals surface area contributed by atoms with Crippen LogP contribution in [-0.2, 0) is 6.61 Å². The summed E-state index contributed by atoms with van der Waals surface area (Å²) in [5.74, 6) is -0.957. The second-order valence-electron chi connectivity index (χ2n) is 5.85. The summed E-state index contributed by atoms with van der Waals surface area (Å²) in [6.07, 6.45) is 0. The second kappa shape index (κ2) is 8.79. The largest absolute Gasteiger partial charge is 0.489 e. The summed E-state index contributed by atoms with van der Waals surface area (Å²) in [7, 11) is 0. The Morgan fingerprint density at radius 1 is 1.14 bits per heavy atom. The van der Waals surface area contributed by atoms with Gasteiger partial charge in [0.15, 0.2) is 5.75 Å². The van der Waals surface area contributed by atoms with E-state index in [1.807, 2.05) is 31.2 Å². The molecule has 0 spiro atoms. The Labute approximate surface area is 163 Å². The molecule has 1 heterocycles. The van der Waals surface area contributed by atoms with Gasteiger partial charge in [-0.05, 0) is 42.1 Å². The SMILES string of the molecule is Cc1ccccc1OCc1csc(C(=O)Nc2ccc(F)cc2OC(F)F)c1. The van der Waals surface area contributed by atoms with Gasteiger partial charge in [0.1, 0.15) is 18.2 Å². The van der Waals surface area contributed by atoms with E-state index in [1.54, 1.807) is 11.4 Å². The number of hydrogen-bond acceptors (Lipinski definition) is 4. The zero-order valence-electron chi connectivity index (χ0n) is 14.7. The van der Waals surface area contributed by atoms with Crippen molar-refractivity contribution in [3.05, 3.63) is 75.7 Å². The molecule has 0 saturated heterocycles. The van der Waals surface area contributed by atoms with E-state index in [4.69, 9.17) is 4.74 Å². The minimum absolute atomic E-state index is 0.0437. The van der Waals surface area contributed by atoms with E-state index in [2.05, 4.69) is 10.1 Å². The number of anilines is 1. The molecule has 3 aromatic rings. The summed E-state index contributed by atoms with van der Waals surface area (Å²) >= 11 is 1.18. The number of halogens is 3. The average molecular weight is 407 g/mol. The first-order valence-electron chi connectivity index (χ1n) is 8.24. The van der Waals surface area contributed by atoms with Gasteiger partial charge in [-0.25, -0.2) is 4.39 Å². The lowest BCUT2D eigenvalue weighted by Gasteiger charge is -2.11. The highest BCUT2D eigenvalue weighted by Gasteiger charge is 2.16. The molecule has 0 radical (unpaired) electrons. The van der Waals surface area contributed by atoms with Crippen molar-refractivity contribution in [1.82, 2.24) is 0 Å².